The van der Waals surface area contributed by atoms with Crippen LogP contribution in [0, 0.1) is 5.82 Å². The number of alkyl halides is 3. The third-order valence-corrected chi connectivity index (χ3v) is 8.17. The Hall–Kier alpha value is -4.28. The molecule has 0 spiro atoms. The average molecular weight is 640 g/mol. The van der Waals surface area contributed by atoms with E-state index in [4.69, 9.17) is 10.3 Å². The van der Waals surface area contributed by atoms with Crippen LogP contribution in [-0.2, 0) is 26.3 Å². The molecule has 0 aliphatic carbocycles. The fourth-order valence-electron chi connectivity index (χ4n) is 4.21. The van der Waals surface area contributed by atoms with Crippen molar-refractivity contribution in [3.8, 4) is 33.9 Å². The first kappa shape index (κ1) is 31.7. The summed E-state index contributed by atoms with van der Waals surface area (Å²) < 4.78 is 109. The Morgan fingerprint density at radius 3 is 2.14 bits per heavy atom. The summed E-state index contributed by atoms with van der Waals surface area (Å²) in [6.45, 7) is 3.01. The summed E-state index contributed by atoms with van der Waals surface area (Å²) in [7, 11) is -7.56. The Labute approximate surface area is 244 Å². The lowest BCUT2D eigenvalue weighted by molar-refractivity contribution is -0.137. The fraction of sp³-hybridized carbons (Fsp3) is 0.185. The number of anilines is 1. The number of benzene rings is 3. The molecule has 0 fully saturated rings. The second-order valence-electron chi connectivity index (χ2n) is 9.60. The molecule has 0 radical (unpaired) electrons. The molecule has 2 aromatic heterocycles. The average Bonchev–Trinajstić information content (AvgIpc) is 3.48. The van der Waals surface area contributed by atoms with E-state index in [9.17, 15) is 34.4 Å². The quantitative estimate of drug-likeness (QED) is 0.166. The number of hydrogen-bond acceptors (Lipinski definition) is 7. The van der Waals surface area contributed by atoms with E-state index in [-0.39, 0.29) is 23.0 Å². The summed E-state index contributed by atoms with van der Waals surface area (Å²) in [5, 5.41) is -0.801. The molecule has 5 aromatic rings. The molecule has 4 N–H and O–H groups in total. The molecule has 16 heteroatoms. The number of nitrogens with zero attached hydrogens (tertiary/aromatic N) is 3. The number of nitrogen functional groups attached to an aromatic ring is 1. The second-order valence-corrected chi connectivity index (χ2v) is 13.4. The Balaban J connectivity index is 0.000000782. The van der Waals surface area contributed by atoms with Gasteiger partial charge in [0.05, 0.1) is 45.1 Å². The van der Waals surface area contributed by atoms with E-state index >= 15 is 0 Å². The Morgan fingerprint density at radius 1 is 0.930 bits per heavy atom. The van der Waals surface area contributed by atoms with E-state index in [0.29, 0.717) is 28.6 Å². The van der Waals surface area contributed by atoms with Gasteiger partial charge < -0.3 is 10.7 Å². The van der Waals surface area contributed by atoms with Crippen molar-refractivity contribution < 1.29 is 39.0 Å². The largest absolute Gasteiger partial charge is 0.417 e. The van der Waals surface area contributed by atoms with Crippen LogP contribution in [0.3, 0.4) is 0 Å². The summed E-state index contributed by atoms with van der Waals surface area (Å²) in [6.07, 6.45) is -4.11. The van der Waals surface area contributed by atoms with Crippen LogP contribution in [0.5, 0.6) is 0 Å². The van der Waals surface area contributed by atoms with Gasteiger partial charge in [0, 0.05) is 11.1 Å². The molecule has 5 rings (SSSR count). The normalized spacial score (nSPS) is 12.4. The third kappa shape index (κ3) is 6.71. The van der Waals surface area contributed by atoms with Crippen molar-refractivity contribution in [1.82, 2.24) is 18.9 Å². The van der Waals surface area contributed by atoms with E-state index in [0.717, 1.165) is 22.2 Å². The van der Waals surface area contributed by atoms with Crippen molar-refractivity contribution in [3.63, 3.8) is 0 Å². The van der Waals surface area contributed by atoms with Crippen molar-refractivity contribution in [2.45, 2.75) is 25.3 Å². The van der Waals surface area contributed by atoms with Crippen LogP contribution in [0.2, 0.25) is 0 Å². The van der Waals surface area contributed by atoms with Gasteiger partial charge in [-0.2, -0.15) is 21.6 Å². The van der Waals surface area contributed by atoms with E-state index in [2.05, 4.69) is 15.0 Å². The van der Waals surface area contributed by atoms with E-state index in [1.54, 1.807) is 42.5 Å². The van der Waals surface area contributed by atoms with Gasteiger partial charge in [0.25, 0.3) is 10.1 Å². The van der Waals surface area contributed by atoms with Crippen LogP contribution in [0.1, 0.15) is 19.4 Å². The standard InChI is InChI=1S/C26H21F4N5O2S.CH4O3S/c1-14(2)38(36,37)35-20-13-16(11-12-19(20)32-25(35)31)23-22(15-7-4-3-5-8-15)33-24(34-23)21-17(26(28,29)30)9-6-10-18(21)27;1-5(2,3)4/h3-14H,1-2H3,(H2,31,32)(H,33,34);1H3,(H,2,3,4). The minimum Gasteiger partial charge on any atom is -0.368 e. The number of nitrogens with one attached hydrogen (secondary N) is 1. The molecule has 0 aliphatic heterocycles. The Kier molecular flexibility index (Phi) is 8.41. The molecule has 0 saturated heterocycles. The van der Waals surface area contributed by atoms with Crippen molar-refractivity contribution >= 4 is 37.1 Å². The maximum absolute atomic E-state index is 14.8. The van der Waals surface area contributed by atoms with E-state index in [1.165, 1.54) is 19.9 Å². The molecular formula is C27H25F4N5O5S2. The van der Waals surface area contributed by atoms with Crippen molar-refractivity contribution in [2.75, 3.05) is 12.0 Å². The van der Waals surface area contributed by atoms with Gasteiger partial charge in [-0.25, -0.2) is 26.7 Å². The number of H-pyrrole nitrogens is 1. The van der Waals surface area contributed by atoms with E-state index in [1.807, 2.05) is 0 Å². The number of fused-ring (bicyclic) bond motifs is 1. The van der Waals surface area contributed by atoms with Crippen LogP contribution >= 0.6 is 0 Å². The highest BCUT2D eigenvalue weighted by molar-refractivity contribution is 7.90. The number of hydrogen-bond donors (Lipinski definition) is 3. The highest BCUT2D eigenvalue weighted by Gasteiger charge is 2.36. The lowest BCUT2D eigenvalue weighted by Crippen LogP contribution is -2.23. The third-order valence-electron chi connectivity index (χ3n) is 6.08. The topological polar surface area (TPSA) is 161 Å². The molecule has 10 nitrogen and oxygen atoms in total. The number of aromatic amines is 1. The zero-order valence-corrected chi connectivity index (χ0v) is 24.4. The molecule has 0 amide bonds. The molecular weight excluding hydrogens is 614 g/mol. The van der Waals surface area contributed by atoms with Crippen molar-refractivity contribution in [2.24, 2.45) is 0 Å². The van der Waals surface area contributed by atoms with Gasteiger partial charge in [-0.1, -0.05) is 42.5 Å². The molecule has 2 heterocycles. The van der Waals surface area contributed by atoms with Crippen LogP contribution in [0.15, 0.2) is 66.7 Å². The minimum atomic E-state index is -4.83. The zero-order valence-electron chi connectivity index (χ0n) is 22.8. The smallest absolute Gasteiger partial charge is 0.368 e. The molecule has 43 heavy (non-hydrogen) atoms. The molecule has 0 unspecified atom stereocenters. The maximum Gasteiger partial charge on any atom is 0.417 e. The summed E-state index contributed by atoms with van der Waals surface area (Å²) in [5.74, 6) is -1.64. The van der Waals surface area contributed by atoms with Crippen LogP contribution in [-0.4, -0.2) is 51.8 Å². The van der Waals surface area contributed by atoms with Crippen LogP contribution in [0.25, 0.3) is 44.9 Å². The van der Waals surface area contributed by atoms with Gasteiger partial charge in [0.1, 0.15) is 11.6 Å². The van der Waals surface area contributed by atoms with Gasteiger partial charge >= 0.3 is 6.18 Å². The summed E-state index contributed by atoms with van der Waals surface area (Å²) in [5.41, 5.74) is 5.99. The number of imidazole rings is 2. The Bertz CT molecular complexity index is 2010. The zero-order chi connectivity index (χ0) is 31.9. The Morgan fingerprint density at radius 2 is 1.56 bits per heavy atom. The first-order valence-corrected chi connectivity index (χ1v) is 15.7. The van der Waals surface area contributed by atoms with Crippen molar-refractivity contribution in [3.05, 3.63) is 78.1 Å². The predicted octanol–water partition coefficient (Wildman–Crippen LogP) is 5.59. The predicted molar refractivity (Wildman–Crippen MR) is 154 cm³/mol. The van der Waals surface area contributed by atoms with Gasteiger partial charge in [-0.05, 0) is 38.1 Å². The number of nitrogens with two attached hydrogens (primary N) is 1. The van der Waals surface area contributed by atoms with Crippen LogP contribution < -0.4 is 5.73 Å². The number of halogens is 4. The number of aromatic nitrogens is 4. The first-order valence-electron chi connectivity index (χ1n) is 12.4. The van der Waals surface area contributed by atoms with Crippen molar-refractivity contribution in [1.29, 1.82) is 0 Å². The van der Waals surface area contributed by atoms with E-state index < -0.39 is 48.5 Å². The monoisotopic (exact) mass is 639 g/mol. The molecule has 0 saturated carbocycles. The highest BCUT2D eigenvalue weighted by Crippen LogP contribution is 2.41. The van der Waals surface area contributed by atoms with Gasteiger partial charge in [-0.15, -0.1) is 0 Å². The maximum atomic E-state index is 14.8. The summed E-state index contributed by atoms with van der Waals surface area (Å²) >= 11 is 0. The molecule has 0 atom stereocenters. The number of rotatable bonds is 5. The lowest BCUT2D eigenvalue weighted by atomic mass is 10.0. The SMILES string of the molecule is CC(C)S(=O)(=O)n1c(N)nc2ccc(-c3nc(-c4c(F)cccc4C(F)(F)F)[nH]c3-c3ccccc3)cc21.CS(=O)(=O)O. The molecule has 228 valence electrons. The molecule has 0 aliphatic rings. The van der Waals surface area contributed by atoms with Gasteiger partial charge in [0.2, 0.25) is 16.0 Å². The van der Waals surface area contributed by atoms with Gasteiger partial charge in [-0.3, -0.25) is 4.55 Å². The molecule has 3 aromatic carbocycles. The molecule has 0 bridgehead atoms. The lowest BCUT2D eigenvalue weighted by Gasteiger charge is -2.11. The van der Waals surface area contributed by atoms with Gasteiger partial charge in [0.15, 0.2) is 0 Å². The first-order chi connectivity index (χ1) is 19.9. The highest BCUT2D eigenvalue weighted by atomic mass is 32.2. The minimum absolute atomic E-state index is 0.180. The second kappa shape index (κ2) is 11.4. The fourth-order valence-corrected chi connectivity index (χ4v) is 5.36. The summed E-state index contributed by atoms with van der Waals surface area (Å²) in [6, 6.07) is 16.0. The van der Waals surface area contributed by atoms with Crippen LogP contribution in [0.4, 0.5) is 23.5 Å². The summed E-state index contributed by atoms with van der Waals surface area (Å²) in [4.78, 5) is 11.4.